The van der Waals surface area contributed by atoms with E-state index in [0.717, 1.165) is 23.5 Å². The highest BCUT2D eigenvalue weighted by Gasteiger charge is 2.24. The zero-order valence-corrected chi connectivity index (χ0v) is 14.0. The molecule has 3 rings (SSSR count). The van der Waals surface area contributed by atoms with E-state index in [0.29, 0.717) is 26.4 Å². The zero-order chi connectivity index (χ0) is 16.9. The minimum absolute atomic E-state index is 0.166. The van der Waals surface area contributed by atoms with Crippen LogP contribution >= 0.6 is 0 Å². The van der Waals surface area contributed by atoms with Crippen LogP contribution in [0.15, 0.2) is 30.2 Å². The Morgan fingerprint density at radius 3 is 2.54 bits per heavy atom. The van der Waals surface area contributed by atoms with Crippen LogP contribution < -0.4 is 14.8 Å². The molecule has 0 bridgehead atoms. The van der Waals surface area contributed by atoms with Crippen LogP contribution in [-0.2, 0) is 14.3 Å². The molecule has 24 heavy (non-hydrogen) atoms. The van der Waals surface area contributed by atoms with Gasteiger partial charge in [0.1, 0.15) is 19.5 Å². The Kier molecular flexibility index (Phi) is 5.13. The first-order valence-corrected chi connectivity index (χ1v) is 8.30. The van der Waals surface area contributed by atoms with Gasteiger partial charge in [0.25, 0.3) is 5.91 Å². The highest BCUT2D eigenvalue weighted by molar-refractivity contribution is 5.91. The van der Waals surface area contributed by atoms with Gasteiger partial charge in [0.05, 0.1) is 19.3 Å². The summed E-state index contributed by atoms with van der Waals surface area (Å²) in [7, 11) is 0. The molecule has 1 N–H and O–H groups in total. The van der Waals surface area contributed by atoms with Crippen molar-refractivity contribution in [1.29, 1.82) is 0 Å². The van der Waals surface area contributed by atoms with Crippen LogP contribution in [0.3, 0.4) is 0 Å². The van der Waals surface area contributed by atoms with Gasteiger partial charge in [-0.05, 0) is 23.6 Å². The lowest BCUT2D eigenvalue weighted by Gasteiger charge is -2.25. The van der Waals surface area contributed by atoms with E-state index in [2.05, 4.69) is 19.2 Å². The first kappa shape index (κ1) is 16.5. The molecule has 2 aliphatic rings. The van der Waals surface area contributed by atoms with Crippen LogP contribution in [0.1, 0.15) is 31.9 Å². The zero-order valence-electron chi connectivity index (χ0n) is 14.0. The van der Waals surface area contributed by atoms with Crippen molar-refractivity contribution in [1.82, 2.24) is 5.32 Å². The van der Waals surface area contributed by atoms with Crippen LogP contribution in [0.2, 0.25) is 0 Å². The van der Waals surface area contributed by atoms with Gasteiger partial charge in [0.15, 0.2) is 11.5 Å². The number of nitrogens with one attached hydrogen (secondary N) is 1. The van der Waals surface area contributed by atoms with E-state index in [1.807, 2.05) is 18.2 Å². The molecule has 6 heteroatoms. The smallest absolute Gasteiger partial charge is 0.290 e. The third-order valence-electron chi connectivity index (χ3n) is 3.96. The highest BCUT2D eigenvalue weighted by Crippen LogP contribution is 2.34. The Balaban J connectivity index is 1.79. The summed E-state index contributed by atoms with van der Waals surface area (Å²) in [5.41, 5.74) is 0.972. The summed E-state index contributed by atoms with van der Waals surface area (Å²) in [4.78, 5) is 12.4. The highest BCUT2D eigenvalue weighted by atomic mass is 16.6. The van der Waals surface area contributed by atoms with Gasteiger partial charge in [-0.2, -0.15) is 0 Å². The Labute approximate surface area is 141 Å². The molecule has 0 fully saturated rings. The van der Waals surface area contributed by atoms with Crippen molar-refractivity contribution in [2.75, 3.05) is 26.4 Å². The van der Waals surface area contributed by atoms with Crippen LogP contribution in [0.25, 0.3) is 0 Å². The monoisotopic (exact) mass is 333 g/mol. The number of benzene rings is 1. The van der Waals surface area contributed by atoms with E-state index < -0.39 is 0 Å². The number of ether oxygens (including phenoxy) is 4. The van der Waals surface area contributed by atoms with Crippen LogP contribution in [0.5, 0.6) is 11.5 Å². The van der Waals surface area contributed by atoms with Crippen LogP contribution in [0, 0.1) is 5.92 Å². The van der Waals surface area contributed by atoms with Crippen molar-refractivity contribution in [2.45, 2.75) is 26.3 Å². The van der Waals surface area contributed by atoms with Crippen molar-refractivity contribution < 1.29 is 23.7 Å². The fourth-order valence-electron chi connectivity index (χ4n) is 2.71. The van der Waals surface area contributed by atoms with Crippen molar-refractivity contribution in [3.05, 3.63) is 35.8 Å². The average molecular weight is 333 g/mol. The fraction of sp³-hybridized carbons (Fsp3) is 0.500. The molecule has 0 aromatic heterocycles. The lowest BCUT2D eigenvalue weighted by atomic mass is 9.95. The maximum Gasteiger partial charge on any atom is 0.290 e. The Hall–Kier alpha value is -2.37. The topological polar surface area (TPSA) is 66.0 Å². The summed E-state index contributed by atoms with van der Waals surface area (Å²) in [5, 5.41) is 3.02. The lowest BCUT2D eigenvalue weighted by Crippen LogP contribution is -2.34. The molecule has 0 radical (unpaired) electrons. The Morgan fingerprint density at radius 1 is 1.04 bits per heavy atom. The molecular formula is C18H23NO5. The third-order valence-corrected chi connectivity index (χ3v) is 3.96. The molecule has 1 unspecified atom stereocenters. The lowest BCUT2D eigenvalue weighted by molar-refractivity contribution is -0.123. The molecule has 1 aromatic rings. The maximum absolute atomic E-state index is 12.4. The normalized spacial score (nSPS) is 17.9. The number of hydrogen-bond donors (Lipinski definition) is 1. The van der Waals surface area contributed by atoms with Gasteiger partial charge in [-0.1, -0.05) is 19.9 Å². The molecule has 0 saturated heterocycles. The average Bonchev–Trinajstić information content (AvgIpc) is 2.84. The standard InChI is InChI=1S/C18H23NO5/c1-12(2)17(19-18(20)16-11-21-8-9-24-16)13-4-5-14-15(10-13)23-7-3-6-22-14/h4-5,10-12,17H,3,6-9H2,1-2H3,(H,19,20). The summed E-state index contributed by atoms with van der Waals surface area (Å²) in [5.74, 6) is 1.60. The van der Waals surface area contributed by atoms with Crippen molar-refractivity contribution in [3.8, 4) is 11.5 Å². The second kappa shape index (κ2) is 7.47. The quantitative estimate of drug-likeness (QED) is 0.917. The minimum atomic E-state index is -0.277. The van der Waals surface area contributed by atoms with E-state index >= 15 is 0 Å². The van der Waals surface area contributed by atoms with Crippen molar-refractivity contribution in [3.63, 3.8) is 0 Å². The predicted octanol–water partition coefficient (Wildman–Crippen LogP) is 2.55. The minimum Gasteiger partial charge on any atom is -0.494 e. The Bertz CT molecular complexity index is 626. The number of fused-ring (bicyclic) bond motifs is 1. The third kappa shape index (κ3) is 3.75. The second-order valence-electron chi connectivity index (χ2n) is 6.15. The molecule has 1 atom stereocenters. The molecular weight excluding hydrogens is 310 g/mol. The summed E-state index contributed by atoms with van der Waals surface area (Å²) in [6, 6.07) is 5.64. The van der Waals surface area contributed by atoms with E-state index in [9.17, 15) is 4.79 Å². The fourth-order valence-corrected chi connectivity index (χ4v) is 2.71. The SMILES string of the molecule is CC(C)C(NC(=O)C1=COCCO1)c1ccc2c(c1)OCCCO2. The van der Waals surface area contributed by atoms with Gasteiger partial charge in [-0.25, -0.2) is 0 Å². The number of carbonyl (C=O) groups is 1. The summed E-state index contributed by atoms with van der Waals surface area (Å²) in [6.07, 6.45) is 2.23. The van der Waals surface area contributed by atoms with E-state index in [-0.39, 0.29) is 23.6 Å². The molecule has 0 spiro atoms. The summed E-state index contributed by atoms with van der Waals surface area (Å²) < 4.78 is 21.9. The van der Waals surface area contributed by atoms with E-state index in [1.165, 1.54) is 6.26 Å². The van der Waals surface area contributed by atoms with Gasteiger partial charge in [-0.15, -0.1) is 0 Å². The van der Waals surface area contributed by atoms with Crippen molar-refractivity contribution in [2.24, 2.45) is 5.92 Å². The summed E-state index contributed by atoms with van der Waals surface area (Å²) in [6.45, 7) is 6.25. The molecule has 0 saturated carbocycles. The Morgan fingerprint density at radius 2 is 1.83 bits per heavy atom. The van der Waals surface area contributed by atoms with Crippen molar-refractivity contribution >= 4 is 5.91 Å². The van der Waals surface area contributed by atoms with Gasteiger partial charge in [-0.3, -0.25) is 4.79 Å². The number of carbonyl (C=O) groups excluding carboxylic acids is 1. The molecule has 2 heterocycles. The van der Waals surface area contributed by atoms with Crippen LogP contribution in [-0.4, -0.2) is 32.3 Å². The van der Waals surface area contributed by atoms with E-state index in [4.69, 9.17) is 18.9 Å². The first-order valence-electron chi connectivity index (χ1n) is 8.30. The molecule has 0 aliphatic carbocycles. The first-order chi connectivity index (χ1) is 11.6. The summed E-state index contributed by atoms with van der Waals surface area (Å²) >= 11 is 0. The van der Waals surface area contributed by atoms with Gasteiger partial charge in [0, 0.05) is 6.42 Å². The largest absolute Gasteiger partial charge is 0.494 e. The maximum atomic E-state index is 12.4. The number of amides is 1. The molecule has 1 amide bonds. The predicted molar refractivity (Wildman–Crippen MR) is 87.8 cm³/mol. The van der Waals surface area contributed by atoms with Crippen LogP contribution in [0.4, 0.5) is 0 Å². The van der Waals surface area contributed by atoms with Gasteiger partial charge >= 0.3 is 0 Å². The molecule has 2 aliphatic heterocycles. The number of rotatable bonds is 4. The molecule has 1 aromatic carbocycles. The number of hydrogen-bond acceptors (Lipinski definition) is 5. The molecule has 6 nitrogen and oxygen atoms in total. The van der Waals surface area contributed by atoms with E-state index in [1.54, 1.807) is 0 Å². The van der Waals surface area contributed by atoms with Gasteiger partial charge < -0.3 is 24.3 Å². The molecule has 130 valence electrons. The van der Waals surface area contributed by atoms with Gasteiger partial charge in [0.2, 0.25) is 5.76 Å². The second-order valence-corrected chi connectivity index (χ2v) is 6.15.